The summed E-state index contributed by atoms with van der Waals surface area (Å²) in [6.07, 6.45) is 3.83. The molecule has 1 aromatic heterocycles. The van der Waals surface area contributed by atoms with E-state index < -0.39 is 5.54 Å². The van der Waals surface area contributed by atoms with E-state index >= 15 is 0 Å². The zero-order valence-corrected chi connectivity index (χ0v) is 13.5. The molecule has 1 aromatic rings. The van der Waals surface area contributed by atoms with Crippen LogP contribution in [0.1, 0.15) is 56.2 Å². The first-order valence-electron chi connectivity index (χ1n) is 7.44. The lowest BCUT2D eigenvalue weighted by atomic mass is 9.92. The molecule has 0 radical (unpaired) electrons. The molecule has 0 spiro atoms. The average molecular weight is 295 g/mol. The van der Waals surface area contributed by atoms with Gasteiger partial charge in [0, 0.05) is 30.1 Å². The summed E-state index contributed by atoms with van der Waals surface area (Å²) >= 11 is 1.71. The fourth-order valence-electron chi connectivity index (χ4n) is 2.91. The van der Waals surface area contributed by atoms with Gasteiger partial charge in [0.15, 0.2) is 0 Å². The van der Waals surface area contributed by atoms with Gasteiger partial charge in [-0.1, -0.05) is 13.3 Å². The zero-order chi connectivity index (χ0) is 14.8. The number of hydrogen-bond acceptors (Lipinski definition) is 4. The van der Waals surface area contributed by atoms with Crippen LogP contribution in [0.25, 0.3) is 0 Å². The van der Waals surface area contributed by atoms with Gasteiger partial charge in [-0.15, -0.1) is 11.3 Å². The van der Waals surface area contributed by atoms with Gasteiger partial charge in [-0.25, -0.2) is 4.98 Å². The quantitative estimate of drug-likeness (QED) is 0.929. The van der Waals surface area contributed by atoms with E-state index in [4.69, 9.17) is 5.73 Å². The minimum Gasteiger partial charge on any atom is -0.340 e. The maximum Gasteiger partial charge on any atom is 0.242 e. The highest BCUT2D eigenvalue weighted by atomic mass is 32.1. The Morgan fingerprint density at radius 1 is 1.65 bits per heavy atom. The number of carbonyl (C=O) groups excluding carboxylic acids is 1. The first kappa shape index (κ1) is 15.4. The molecule has 112 valence electrons. The average Bonchev–Trinajstić information content (AvgIpc) is 2.85. The van der Waals surface area contributed by atoms with Crippen LogP contribution in [-0.2, 0) is 4.79 Å². The Morgan fingerprint density at radius 2 is 2.40 bits per heavy atom. The number of piperidine rings is 1. The molecule has 1 fully saturated rings. The van der Waals surface area contributed by atoms with Gasteiger partial charge in [-0.2, -0.15) is 0 Å². The highest BCUT2D eigenvalue weighted by Gasteiger charge is 2.35. The predicted molar refractivity (Wildman–Crippen MR) is 82.9 cm³/mol. The Balaban J connectivity index is 2.05. The monoisotopic (exact) mass is 295 g/mol. The molecule has 1 amide bonds. The number of amides is 1. The molecule has 1 saturated heterocycles. The van der Waals surface area contributed by atoms with Gasteiger partial charge in [0.25, 0.3) is 0 Å². The van der Waals surface area contributed by atoms with Crippen molar-refractivity contribution in [2.24, 2.45) is 5.73 Å². The number of nitrogens with two attached hydrogens (primary N) is 1. The predicted octanol–water partition coefficient (Wildman–Crippen LogP) is 2.68. The molecule has 1 aliphatic rings. The van der Waals surface area contributed by atoms with Crippen molar-refractivity contribution in [1.29, 1.82) is 0 Å². The molecule has 4 nitrogen and oxygen atoms in total. The molecule has 20 heavy (non-hydrogen) atoms. The summed E-state index contributed by atoms with van der Waals surface area (Å²) in [5.41, 5.74) is 6.53. The van der Waals surface area contributed by atoms with E-state index in [1.165, 1.54) is 0 Å². The molecule has 2 unspecified atom stereocenters. The van der Waals surface area contributed by atoms with Crippen LogP contribution in [0.15, 0.2) is 5.38 Å². The van der Waals surface area contributed by atoms with E-state index in [0.29, 0.717) is 5.92 Å². The van der Waals surface area contributed by atoms with Crippen molar-refractivity contribution in [2.75, 3.05) is 13.1 Å². The van der Waals surface area contributed by atoms with Crippen molar-refractivity contribution >= 4 is 17.2 Å². The standard InChI is InChI=1S/C15H25N3OS/c1-4-7-15(3,16)14(19)18-8-5-6-12(9-18)13-17-11(2)10-20-13/h10,12H,4-9,16H2,1-3H3. The van der Waals surface area contributed by atoms with Gasteiger partial charge >= 0.3 is 0 Å². The highest BCUT2D eigenvalue weighted by Crippen LogP contribution is 2.30. The van der Waals surface area contributed by atoms with E-state index in [-0.39, 0.29) is 5.91 Å². The van der Waals surface area contributed by atoms with Crippen LogP contribution in [0, 0.1) is 6.92 Å². The molecule has 0 bridgehead atoms. The summed E-state index contributed by atoms with van der Waals surface area (Å²) in [5.74, 6) is 0.473. The van der Waals surface area contributed by atoms with Gasteiger partial charge in [0.05, 0.1) is 10.5 Å². The lowest BCUT2D eigenvalue weighted by Gasteiger charge is -2.37. The fourth-order valence-corrected chi connectivity index (χ4v) is 3.84. The Morgan fingerprint density at radius 3 is 3.00 bits per heavy atom. The van der Waals surface area contributed by atoms with Crippen LogP contribution in [0.4, 0.5) is 0 Å². The van der Waals surface area contributed by atoms with Crippen LogP contribution in [0.2, 0.25) is 0 Å². The van der Waals surface area contributed by atoms with Crippen molar-refractivity contribution in [1.82, 2.24) is 9.88 Å². The largest absolute Gasteiger partial charge is 0.340 e. The smallest absolute Gasteiger partial charge is 0.242 e. The Hall–Kier alpha value is -0.940. The number of aryl methyl sites for hydroxylation is 1. The number of thiazole rings is 1. The Kier molecular flexibility index (Phi) is 4.81. The van der Waals surface area contributed by atoms with E-state index in [1.807, 2.05) is 18.7 Å². The molecule has 2 N–H and O–H groups in total. The fraction of sp³-hybridized carbons (Fsp3) is 0.733. The maximum absolute atomic E-state index is 12.6. The van der Waals surface area contributed by atoms with E-state index in [2.05, 4.69) is 17.3 Å². The number of nitrogens with zero attached hydrogens (tertiary/aromatic N) is 2. The van der Waals surface area contributed by atoms with Crippen molar-refractivity contribution in [2.45, 2.75) is 57.9 Å². The number of rotatable bonds is 4. The summed E-state index contributed by atoms with van der Waals surface area (Å²) in [6.45, 7) is 7.54. The van der Waals surface area contributed by atoms with Crippen LogP contribution >= 0.6 is 11.3 Å². The number of likely N-dealkylation sites (tertiary alicyclic amines) is 1. The third-order valence-electron chi connectivity index (χ3n) is 3.95. The van der Waals surface area contributed by atoms with Crippen molar-refractivity contribution in [3.05, 3.63) is 16.1 Å². The van der Waals surface area contributed by atoms with Gasteiger partial charge in [0.2, 0.25) is 5.91 Å². The summed E-state index contributed by atoms with van der Waals surface area (Å²) in [6, 6.07) is 0. The second-order valence-corrected chi connectivity index (χ2v) is 6.97. The number of carbonyl (C=O) groups is 1. The Bertz CT molecular complexity index is 469. The second kappa shape index (κ2) is 6.22. The van der Waals surface area contributed by atoms with Crippen molar-refractivity contribution < 1.29 is 4.79 Å². The molecule has 5 heteroatoms. The molecule has 1 aliphatic heterocycles. The highest BCUT2D eigenvalue weighted by molar-refractivity contribution is 7.09. The van der Waals surface area contributed by atoms with Gasteiger partial charge in [0.1, 0.15) is 0 Å². The molecule has 2 rings (SSSR count). The van der Waals surface area contributed by atoms with E-state index in [9.17, 15) is 4.79 Å². The number of hydrogen-bond donors (Lipinski definition) is 1. The Labute approximate surface area is 125 Å². The van der Waals surface area contributed by atoms with Gasteiger partial charge < -0.3 is 10.6 Å². The zero-order valence-electron chi connectivity index (χ0n) is 12.7. The third kappa shape index (κ3) is 3.38. The van der Waals surface area contributed by atoms with Crippen molar-refractivity contribution in [3.63, 3.8) is 0 Å². The van der Waals surface area contributed by atoms with E-state index in [0.717, 1.165) is 49.5 Å². The van der Waals surface area contributed by atoms with Gasteiger partial charge in [-0.05, 0) is 33.1 Å². The summed E-state index contributed by atoms with van der Waals surface area (Å²) < 4.78 is 0. The lowest BCUT2D eigenvalue weighted by molar-refractivity contribution is -0.137. The van der Waals surface area contributed by atoms with Gasteiger partial charge in [-0.3, -0.25) is 4.79 Å². The molecular formula is C15H25N3OS. The minimum atomic E-state index is -0.727. The topological polar surface area (TPSA) is 59.2 Å². The summed E-state index contributed by atoms with van der Waals surface area (Å²) in [5, 5.41) is 3.24. The molecule has 0 aromatic carbocycles. The van der Waals surface area contributed by atoms with Crippen LogP contribution in [0.3, 0.4) is 0 Å². The summed E-state index contributed by atoms with van der Waals surface area (Å²) in [4.78, 5) is 19.1. The molecule has 0 aliphatic carbocycles. The van der Waals surface area contributed by atoms with Crippen molar-refractivity contribution in [3.8, 4) is 0 Å². The summed E-state index contributed by atoms with van der Waals surface area (Å²) in [7, 11) is 0. The molecule has 2 atom stereocenters. The minimum absolute atomic E-state index is 0.0947. The molecule has 0 saturated carbocycles. The molecular weight excluding hydrogens is 270 g/mol. The number of aromatic nitrogens is 1. The lowest BCUT2D eigenvalue weighted by Crippen LogP contribution is -2.55. The van der Waals surface area contributed by atoms with Crippen LogP contribution < -0.4 is 5.73 Å². The SMILES string of the molecule is CCCC(C)(N)C(=O)N1CCCC(c2nc(C)cs2)C1. The maximum atomic E-state index is 12.6. The molecule has 2 heterocycles. The normalized spacial score (nSPS) is 22.6. The first-order valence-corrected chi connectivity index (χ1v) is 8.32. The van der Waals surface area contributed by atoms with Crippen LogP contribution in [0.5, 0.6) is 0 Å². The van der Waals surface area contributed by atoms with E-state index in [1.54, 1.807) is 11.3 Å². The van der Waals surface area contributed by atoms with Crippen LogP contribution in [-0.4, -0.2) is 34.4 Å². The second-order valence-electron chi connectivity index (χ2n) is 6.08. The third-order valence-corrected chi connectivity index (χ3v) is 5.08. The first-order chi connectivity index (χ1) is 9.44.